The topological polar surface area (TPSA) is 136 Å². The fraction of sp³-hybridized carbons (Fsp3) is 0.333. The summed E-state index contributed by atoms with van der Waals surface area (Å²) in [6.07, 6.45) is 3.53. The third-order valence-corrected chi connectivity index (χ3v) is 0.408. The van der Waals surface area contributed by atoms with Crippen LogP contribution in [0, 0.1) is 0 Å². The first-order chi connectivity index (χ1) is 5.83. The molecule has 0 aromatic rings. The molecular formula is C6H16N2O4W. The Labute approximate surface area is 81.3 Å². The Hall–Kier alpha value is -0.392. The van der Waals surface area contributed by atoms with Gasteiger partial charge in [-0.3, -0.25) is 0 Å². The van der Waals surface area contributed by atoms with Crippen LogP contribution in [0.3, 0.4) is 0 Å². The molecule has 7 heteroatoms. The Balaban J connectivity index is -0.000000117. The average molecular weight is 364 g/mol. The van der Waals surface area contributed by atoms with Crippen molar-refractivity contribution in [1.82, 2.24) is 0 Å². The zero-order chi connectivity index (χ0) is 11.3. The van der Waals surface area contributed by atoms with E-state index in [1.54, 1.807) is 12.2 Å². The first-order valence-corrected chi connectivity index (χ1v) is 8.09. The maximum atomic E-state index is 8.65. The number of quaternary nitrogens is 2. The molecule has 13 heavy (non-hydrogen) atoms. The van der Waals surface area contributed by atoms with Crippen LogP contribution in [-0.4, -0.2) is 13.1 Å². The third-order valence-electron chi connectivity index (χ3n) is 0.408. The standard InChI is InChI=1S/2C3H7N.4O.W/c2*1-2-3-4;;;;;/h2*2H,1,3-4H2;;;;;/q;;;;2*-1;/p+2. The molecule has 0 atom stereocenters. The quantitative estimate of drug-likeness (QED) is 0.486. The molecular weight excluding hydrogens is 348 g/mol. The van der Waals surface area contributed by atoms with Crippen molar-refractivity contribution < 1.29 is 42.5 Å². The molecule has 0 saturated heterocycles. The average Bonchev–Trinajstić information content (AvgIpc) is 2.01. The summed E-state index contributed by atoms with van der Waals surface area (Å²) in [5.74, 6) is 0. The van der Waals surface area contributed by atoms with Gasteiger partial charge in [-0.1, -0.05) is 13.2 Å². The summed E-state index contributed by atoms with van der Waals surface area (Å²) in [6.45, 7) is 8.50. The number of hydrogen-bond acceptors (Lipinski definition) is 4. The first kappa shape index (κ1) is 18.4. The van der Waals surface area contributed by atoms with Gasteiger partial charge in [-0.05, 0) is 12.2 Å². The maximum absolute atomic E-state index is 8.65. The van der Waals surface area contributed by atoms with Crippen molar-refractivity contribution >= 4 is 0 Å². The van der Waals surface area contributed by atoms with Crippen molar-refractivity contribution in [2.24, 2.45) is 0 Å². The number of rotatable bonds is 2. The van der Waals surface area contributed by atoms with E-state index in [1.807, 2.05) is 0 Å². The van der Waals surface area contributed by atoms with E-state index in [2.05, 4.69) is 24.6 Å². The molecule has 0 amide bonds. The Morgan fingerprint density at radius 1 is 1.08 bits per heavy atom. The summed E-state index contributed by atoms with van der Waals surface area (Å²) in [5.41, 5.74) is 6.97. The van der Waals surface area contributed by atoms with Crippen molar-refractivity contribution in [3.63, 3.8) is 0 Å². The van der Waals surface area contributed by atoms with Crippen LogP contribution < -0.4 is 19.0 Å². The van der Waals surface area contributed by atoms with E-state index in [9.17, 15) is 0 Å². The van der Waals surface area contributed by atoms with Crippen molar-refractivity contribution in [3.8, 4) is 0 Å². The van der Waals surface area contributed by atoms with Crippen LogP contribution in [-0.2, 0) is 23.5 Å². The normalized spacial score (nSPS) is 8.31. The Bertz CT molecular complexity index is 185. The molecule has 0 fully saturated rings. The molecule has 0 spiro atoms. The summed E-state index contributed by atoms with van der Waals surface area (Å²) in [6, 6.07) is 0. The first-order valence-electron chi connectivity index (χ1n) is 3.30. The molecule has 0 unspecified atom stereocenters. The second-order valence-electron chi connectivity index (χ2n) is 1.56. The molecule has 0 aromatic carbocycles. The monoisotopic (exact) mass is 364 g/mol. The molecule has 0 radical (unpaired) electrons. The zero-order valence-corrected chi connectivity index (χ0v) is 10.4. The van der Waals surface area contributed by atoms with Gasteiger partial charge in [-0.15, -0.1) is 0 Å². The van der Waals surface area contributed by atoms with Crippen LogP contribution in [0.5, 0.6) is 0 Å². The molecule has 0 rings (SSSR count). The van der Waals surface area contributed by atoms with E-state index < -0.39 is 16.7 Å². The van der Waals surface area contributed by atoms with Crippen LogP contribution in [0.1, 0.15) is 0 Å². The molecule has 6 N–H and O–H groups in total. The SMILES string of the molecule is C=CC[NH3+].C=CC[NH3+].[O]=[W](=[O])([O-])[O-]. The summed E-state index contributed by atoms with van der Waals surface area (Å²) < 4.78 is 34.6. The van der Waals surface area contributed by atoms with Gasteiger partial charge >= 0.3 is 31.1 Å². The van der Waals surface area contributed by atoms with Gasteiger partial charge in [0.1, 0.15) is 0 Å². The Kier molecular flexibility index (Phi) is 20.0. The predicted molar refractivity (Wildman–Crippen MR) is 37.3 cm³/mol. The summed E-state index contributed by atoms with van der Waals surface area (Å²) in [7, 11) is 0. The van der Waals surface area contributed by atoms with Crippen molar-refractivity contribution in [2.75, 3.05) is 13.1 Å². The molecule has 0 heterocycles. The van der Waals surface area contributed by atoms with Gasteiger partial charge in [-0.2, -0.15) is 0 Å². The van der Waals surface area contributed by atoms with Crippen LogP contribution in [0.25, 0.3) is 0 Å². The molecule has 0 aliphatic heterocycles. The number of hydrogen-bond donors (Lipinski definition) is 2. The van der Waals surface area contributed by atoms with Crippen molar-refractivity contribution in [2.45, 2.75) is 0 Å². The Morgan fingerprint density at radius 3 is 1.15 bits per heavy atom. The second-order valence-corrected chi connectivity index (χ2v) is 4.50. The van der Waals surface area contributed by atoms with Crippen molar-refractivity contribution in [3.05, 3.63) is 25.3 Å². The third kappa shape index (κ3) is 414. The molecule has 0 saturated carbocycles. The molecule has 0 aliphatic carbocycles. The van der Waals surface area contributed by atoms with E-state index in [1.165, 1.54) is 0 Å². The molecule has 0 aliphatic rings. The molecule has 0 aromatic heterocycles. The molecule has 0 bridgehead atoms. The van der Waals surface area contributed by atoms with Crippen LogP contribution >= 0.6 is 0 Å². The van der Waals surface area contributed by atoms with E-state index >= 15 is 0 Å². The van der Waals surface area contributed by atoms with E-state index in [0.29, 0.717) is 0 Å². The molecule has 6 nitrogen and oxygen atoms in total. The van der Waals surface area contributed by atoms with Gasteiger partial charge in [0, 0.05) is 0 Å². The second kappa shape index (κ2) is 14.2. The van der Waals surface area contributed by atoms with Gasteiger partial charge in [-0.25, -0.2) is 0 Å². The molecule has 80 valence electrons. The van der Waals surface area contributed by atoms with Gasteiger partial charge in [0.2, 0.25) is 0 Å². The van der Waals surface area contributed by atoms with Gasteiger partial charge in [0.05, 0.1) is 13.1 Å². The predicted octanol–water partition coefficient (Wildman–Crippen LogP) is -3.79. The van der Waals surface area contributed by atoms with Gasteiger partial charge in [0.25, 0.3) is 0 Å². The fourth-order valence-electron chi connectivity index (χ4n) is 0. The van der Waals surface area contributed by atoms with Crippen LogP contribution in [0.4, 0.5) is 0 Å². The van der Waals surface area contributed by atoms with E-state index in [-0.39, 0.29) is 0 Å². The fourth-order valence-corrected chi connectivity index (χ4v) is 0. The van der Waals surface area contributed by atoms with Crippen LogP contribution in [0.2, 0.25) is 0 Å². The minimum absolute atomic E-state index is 0.833. The van der Waals surface area contributed by atoms with E-state index in [0.717, 1.165) is 13.1 Å². The Morgan fingerprint density at radius 2 is 1.15 bits per heavy atom. The van der Waals surface area contributed by atoms with Gasteiger partial charge in [0.15, 0.2) is 0 Å². The van der Waals surface area contributed by atoms with Gasteiger partial charge < -0.3 is 11.5 Å². The minimum atomic E-state index is -6.17. The van der Waals surface area contributed by atoms with Crippen molar-refractivity contribution in [1.29, 1.82) is 0 Å². The summed E-state index contributed by atoms with van der Waals surface area (Å²) in [4.78, 5) is 0. The summed E-state index contributed by atoms with van der Waals surface area (Å²) in [5, 5.41) is 0. The summed E-state index contributed by atoms with van der Waals surface area (Å²) >= 11 is -6.17. The zero-order valence-electron chi connectivity index (χ0n) is 7.44. The van der Waals surface area contributed by atoms with Crippen LogP contribution in [0.15, 0.2) is 25.3 Å². The van der Waals surface area contributed by atoms with E-state index in [4.69, 9.17) is 14.3 Å².